The van der Waals surface area contributed by atoms with E-state index in [0.717, 1.165) is 24.3 Å². The molecule has 2 rings (SSSR count). The second-order valence-corrected chi connectivity index (χ2v) is 5.12. The first-order chi connectivity index (χ1) is 8.72. The summed E-state index contributed by atoms with van der Waals surface area (Å²) in [7, 11) is 3.38. The predicted molar refractivity (Wildman–Crippen MR) is 73.3 cm³/mol. The van der Waals surface area contributed by atoms with Crippen LogP contribution in [0.1, 0.15) is 43.6 Å². The Kier molecular flexibility index (Phi) is 4.48. The van der Waals surface area contributed by atoms with Gasteiger partial charge in [-0.15, -0.1) is 0 Å². The van der Waals surface area contributed by atoms with E-state index >= 15 is 0 Å². The highest BCUT2D eigenvalue weighted by atomic mass is 16.5. The first-order valence-corrected chi connectivity index (χ1v) is 6.71. The predicted octanol–water partition coefficient (Wildman–Crippen LogP) is 3.08. The molecule has 0 saturated heterocycles. The highest BCUT2D eigenvalue weighted by Crippen LogP contribution is 2.35. The van der Waals surface area contributed by atoms with E-state index in [1.165, 1.54) is 24.8 Å². The van der Waals surface area contributed by atoms with Crippen LogP contribution in [0, 0.1) is 0 Å². The van der Waals surface area contributed by atoms with Gasteiger partial charge in [-0.1, -0.05) is 12.8 Å². The third-order valence-corrected chi connectivity index (χ3v) is 3.81. The molecule has 0 aromatic heterocycles. The van der Waals surface area contributed by atoms with E-state index in [2.05, 4.69) is 12.1 Å². The number of hydrogen-bond acceptors (Lipinski definition) is 3. The summed E-state index contributed by atoms with van der Waals surface area (Å²) in [5.41, 5.74) is 7.44. The zero-order valence-corrected chi connectivity index (χ0v) is 11.3. The molecule has 0 bridgehead atoms. The van der Waals surface area contributed by atoms with Crippen LogP contribution in [-0.2, 0) is 0 Å². The van der Waals surface area contributed by atoms with E-state index in [9.17, 15) is 0 Å². The molecular formula is C15H23NO2. The third-order valence-electron chi connectivity index (χ3n) is 3.81. The number of ether oxygens (including phenoxy) is 2. The monoisotopic (exact) mass is 249 g/mol. The van der Waals surface area contributed by atoms with Gasteiger partial charge >= 0.3 is 0 Å². The Labute approximate surface area is 109 Å². The van der Waals surface area contributed by atoms with Crippen molar-refractivity contribution in [3.8, 4) is 11.5 Å². The van der Waals surface area contributed by atoms with Crippen molar-refractivity contribution in [2.75, 3.05) is 14.2 Å². The molecule has 1 aliphatic carbocycles. The van der Waals surface area contributed by atoms with Crippen molar-refractivity contribution in [1.29, 1.82) is 0 Å². The Morgan fingerprint density at radius 3 is 2.22 bits per heavy atom. The van der Waals surface area contributed by atoms with Gasteiger partial charge in [0.1, 0.15) is 11.5 Å². The van der Waals surface area contributed by atoms with Gasteiger partial charge in [-0.3, -0.25) is 0 Å². The molecule has 2 atom stereocenters. The average molecular weight is 249 g/mol. The summed E-state index contributed by atoms with van der Waals surface area (Å²) in [5.74, 6) is 2.26. The Morgan fingerprint density at radius 2 is 1.61 bits per heavy atom. The number of benzene rings is 1. The zero-order valence-electron chi connectivity index (χ0n) is 11.3. The Balaban J connectivity index is 2.24. The lowest BCUT2D eigenvalue weighted by Crippen LogP contribution is -2.20. The largest absolute Gasteiger partial charge is 0.497 e. The molecule has 18 heavy (non-hydrogen) atoms. The summed E-state index contributed by atoms with van der Waals surface area (Å²) < 4.78 is 10.7. The van der Waals surface area contributed by atoms with Crippen LogP contribution in [0.3, 0.4) is 0 Å². The first kappa shape index (κ1) is 13.2. The molecule has 0 spiro atoms. The second kappa shape index (κ2) is 6.10. The van der Waals surface area contributed by atoms with Gasteiger partial charge in [0.25, 0.3) is 0 Å². The lowest BCUT2D eigenvalue weighted by Gasteiger charge is -2.19. The topological polar surface area (TPSA) is 44.5 Å². The molecule has 2 unspecified atom stereocenters. The van der Waals surface area contributed by atoms with Crippen molar-refractivity contribution in [3.05, 3.63) is 23.8 Å². The maximum absolute atomic E-state index is 6.14. The van der Waals surface area contributed by atoms with Crippen LogP contribution in [-0.4, -0.2) is 20.3 Å². The Bertz CT molecular complexity index is 370. The molecule has 1 saturated carbocycles. The SMILES string of the molecule is COc1cc(OC)cc(C2CCCCC(N)C2)c1. The summed E-state index contributed by atoms with van der Waals surface area (Å²) in [6.45, 7) is 0. The standard InChI is InChI=1S/C15H23NO2/c1-17-14-8-12(9-15(10-14)18-2)11-5-3-4-6-13(16)7-11/h8-11,13H,3-7,16H2,1-2H3. The molecule has 2 N–H and O–H groups in total. The van der Waals surface area contributed by atoms with E-state index in [1.807, 2.05) is 6.07 Å². The third kappa shape index (κ3) is 3.16. The van der Waals surface area contributed by atoms with Crippen LogP contribution >= 0.6 is 0 Å². The van der Waals surface area contributed by atoms with E-state index in [-0.39, 0.29) is 0 Å². The normalized spacial score (nSPS) is 24.4. The summed E-state index contributed by atoms with van der Waals surface area (Å²) >= 11 is 0. The molecule has 0 radical (unpaired) electrons. The van der Waals surface area contributed by atoms with Crippen LogP contribution in [0.15, 0.2) is 18.2 Å². The maximum atomic E-state index is 6.14. The fourth-order valence-electron chi connectivity index (χ4n) is 2.77. The van der Waals surface area contributed by atoms with E-state index < -0.39 is 0 Å². The van der Waals surface area contributed by atoms with E-state index in [1.54, 1.807) is 14.2 Å². The first-order valence-electron chi connectivity index (χ1n) is 6.71. The van der Waals surface area contributed by atoms with Crippen molar-refractivity contribution in [3.63, 3.8) is 0 Å². The van der Waals surface area contributed by atoms with Crippen molar-refractivity contribution in [2.45, 2.75) is 44.1 Å². The smallest absolute Gasteiger partial charge is 0.122 e. The van der Waals surface area contributed by atoms with Gasteiger partial charge in [0.05, 0.1) is 14.2 Å². The van der Waals surface area contributed by atoms with E-state index in [4.69, 9.17) is 15.2 Å². The second-order valence-electron chi connectivity index (χ2n) is 5.12. The van der Waals surface area contributed by atoms with Crippen LogP contribution < -0.4 is 15.2 Å². The summed E-state index contributed by atoms with van der Waals surface area (Å²) in [5, 5.41) is 0. The number of nitrogens with two attached hydrogens (primary N) is 1. The van der Waals surface area contributed by atoms with Crippen molar-refractivity contribution in [1.82, 2.24) is 0 Å². The lowest BCUT2D eigenvalue weighted by molar-refractivity contribution is 0.391. The quantitative estimate of drug-likeness (QED) is 0.837. The molecule has 0 heterocycles. The van der Waals surface area contributed by atoms with Gasteiger partial charge in [0, 0.05) is 12.1 Å². The molecule has 0 aliphatic heterocycles. The molecule has 1 fully saturated rings. The molecule has 3 nitrogen and oxygen atoms in total. The summed E-state index contributed by atoms with van der Waals surface area (Å²) in [6, 6.07) is 6.48. The molecule has 1 aromatic carbocycles. The molecule has 1 aliphatic rings. The van der Waals surface area contributed by atoms with Crippen LogP contribution in [0.4, 0.5) is 0 Å². The van der Waals surface area contributed by atoms with Gasteiger partial charge in [0.15, 0.2) is 0 Å². The Hall–Kier alpha value is -1.22. The van der Waals surface area contributed by atoms with Gasteiger partial charge in [-0.2, -0.15) is 0 Å². The maximum Gasteiger partial charge on any atom is 0.122 e. The van der Waals surface area contributed by atoms with Gasteiger partial charge in [-0.25, -0.2) is 0 Å². The number of methoxy groups -OCH3 is 2. The van der Waals surface area contributed by atoms with Crippen LogP contribution in [0.2, 0.25) is 0 Å². The minimum absolute atomic E-state index is 0.328. The number of rotatable bonds is 3. The fourth-order valence-corrected chi connectivity index (χ4v) is 2.77. The highest BCUT2D eigenvalue weighted by molar-refractivity contribution is 5.40. The molecule has 100 valence electrons. The molecule has 3 heteroatoms. The molecular weight excluding hydrogens is 226 g/mol. The average Bonchev–Trinajstić information content (AvgIpc) is 2.62. The number of hydrogen-bond donors (Lipinski definition) is 1. The zero-order chi connectivity index (χ0) is 13.0. The van der Waals surface area contributed by atoms with Crippen molar-refractivity contribution >= 4 is 0 Å². The van der Waals surface area contributed by atoms with Crippen molar-refractivity contribution in [2.24, 2.45) is 5.73 Å². The van der Waals surface area contributed by atoms with Crippen LogP contribution in [0.25, 0.3) is 0 Å². The highest BCUT2D eigenvalue weighted by Gasteiger charge is 2.20. The van der Waals surface area contributed by atoms with Gasteiger partial charge in [0.2, 0.25) is 0 Å². The minimum atomic E-state index is 0.328. The minimum Gasteiger partial charge on any atom is -0.497 e. The summed E-state index contributed by atoms with van der Waals surface area (Å²) in [4.78, 5) is 0. The Morgan fingerprint density at radius 1 is 1.00 bits per heavy atom. The molecule has 1 aromatic rings. The van der Waals surface area contributed by atoms with Gasteiger partial charge < -0.3 is 15.2 Å². The lowest BCUT2D eigenvalue weighted by atomic mass is 9.90. The summed E-state index contributed by atoms with van der Waals surface area (Å²) in [6.07, 6.45) is 5.94. The fraction of sp³-hybridized carbons (Fsp3) is 0.600. The molecule has 0 amide bonds. The van der Waals surface area contributed by atoms with Crippen LogP contribution in [0.5, 0.6) is 11.5 Å². The van der Waals surface area contributed by atoms with Crippen molar-refractivity contribution < 1.29 is 9.47 Å². The van der Waals surface area contributed by atoms with Gasteiger partial charge in [-0.05, 0) is 42.9 Å². The van der Waals surface area contributed by atoms with E-state index in [0.29, 0.717) is 12.0 Å².